The lowest BCUT2D eigenvalue weighted by atomic mass is 9.90. The van der Waals surface area contributed by atoms with Crippen molar-refractivity contribution in [3.05, 3.63) is 133 Å². The van der Waals surface area contributed by atoms with Crippen LogP contribution in [0.5, 0.6) is 23.0 Å². The highest BCUT2D eigenvalue weighted by atomic mass is 16.6. The van der Waals surface area contributed by atoms with Crippen molar-refractivity contribution in [3.63, 3.8) is 0 Å². The largest absolute Gasteiger partial charge is 0.491 e. The van der Waals surface area contributed by atoms with E-state index in [2.05, 4.69) is 0 Å². The predicted molar refractivity (Wildman–Crippen MR) is 252 cm³/mol. The first kappa shape index (κ1) is 53.2. The molecule has 0 unspecified atom stereocenters. The van der Waals surface area contributed by atoms with Crippen LogP contribution in [-0.2, 0) is 63.6 Å². The van der Waals surface area contributed by atoms with Crippen LogP contribution < -0.4 is 18.9 Å². The van der Waals surface area contributed by atoms with Gasteiger partial charge in [-0.05, 0) is 0 Å². The van der Waals surface area contributed by atoms with Crippen molar-refractivity contribution in [2.45, 2.75) is 25.7 Å². The molecule has 0 saturated carbocycles. The highest BCUT2D eigenvalue weighted by Crippen LogP contribution is 2.43. The van der Waals surface area contributed by atoms with Crippen molar-refractivity contribution < 1.29 is 76.5 Å². The number of nitro benzene ring substituents is 4. The summed E-state index contributed by atoms with van der Waals surface area (Å²) in [5, 5.41) is 51.2. The fourth-order valence-electron chi connectivity index (χ4n) is 8.31. The highest BCUT2D eigenvalue weighted by Gasteiger charge is 2.29. The molecule has 1 aliphatic carbocycles. The molecule has 7 rings (SSSR count). The molecule has 24 nitrogen and oxygen atoms in total. The monoisotopic (exact) mass is 1010 g/mol. The van der Waals surface area contributed by atoms with E-state index in [1.54, 1.807) is 0 Å². The maximum atomic E-state index is 12.8. The minimum Gasteiger partial charge on any atom is -0.491 e. The van der Waals surface area contributed by atoms with Gasteiger partial charge in [-0.25, -0.2) is 0 Å². The second-order valence-electron chi connectivity index (χ2n) is 16.4. The van der Waals surface area contributed by atoms with E-state index in [9.17, 15) is 40.5 Å². The lowest BCUT2D eigenvalue weighted by Gasteiger charge is -2.23. The van der Waals surface area contributed by atoms with Gasteiger partial charge >= 0.3 is 0 Å². The lowest BCUT2D eigenvalue weighted by Crippen LogP contribution is -2.15. The smallest absolute Gasteiger partial charge is 0.270 e. The third-order valence-corrected chi connectivity index (χ3v) is 11.4. The molecule has 0 N–H and O–H groups in total. The van der Waals surface area contributed by atoms with Crippen LogP contribution in [0.1, 0.15) is 44.5 Å². The average molecular weight is 1010 g/mol. The summed E-state index contributed by atoms with van der Waals surface area (Å²) in [4.78, 5) is 48.8. The number of ether oxygens (including phenoxy) is 12. The van der Waals surface area contributed by atoms with E-state index in [-0.39, 0.29) is 222 Å². The molecule has 4 aromatic carbocycles. The fraction of sp³-hybridized carbons (Fsp3) is 0.500. The van der Waals surface area contributed by atoms with Gasteiger partial charge in [0.25, 0.3) is 22.7 Å². The van der Waals surface area contributed by atoms with E-state index in [0.29, 0.717) is 26.4 Å². The normalized spacial score (nSPS) is 17.7. The number of non-ortho nitro benzene ring substituents is 4. The Kier molecular flexibility index (Phi) is 20.1. The van der Waals surface area contributed by atoms with Crippen LogP contribution in [0.3, 0.4) is 0 Å². The quantitative estimate of drug-likeness (QED) is 0.155. The van der Waals surface area contributed by atoms with Gasteiger partial charge in [-0.3, -0.25) is 40.5 Å². The Morgan fingerprint density at radius 3 is 0.528 bits per heavy atom. The number of hydrogen-bond acceptors (Lipinski definition) is 20. The van der Waals surface area contributed by atoms with Crippen LogP contribution in [0.15, 0.2) is 48.5 Å². The number of rotatable bonds is 4. The molecule has 0 aromatic heterocycles. The summed E-state index contributed by atoms with van der Waals surface area (Å²) >= 11 is 0. The summed E-state index contributed by atoms with van der Waals surface area (Å²) in [6.45, 7) is 2.79. The van der Waals surface area contributed by atoms with Crippen LogP contribution in [0.4, 0.5) is 22.7 Å². The summed E-state index contributed by atoms with van der Waals surface area (Å²) in [5.41, 5.74) is 0.201. The van der Waals surface area contributed by atoms with E-state index in [1.165, 1.54) is 48.5 Å². The number of nitrogens with zero attached hydrogens (tertiary/aromatic N) is 4. The van der Waals surface area contributed by atoms with Crippen molar-refractivity contribution in [1.82, 2.24) is 0 Å². The third kappa shape index (κ3) is 15.2. The van der Waals surface area contributed by atoms with Gasteiger partial charge < -0.3 is 56.8 Å². The van der Waals surface area contributed by atoms with Gasteiger partial charge in [0, 0.05) is 119 Å². The first-order valence-electron chi connectivity index (χ1n) is 23.4. The van der Waals surface area contributed by atoms with E-state index in [0.717, 1.165) is 0 Å². The Morgan fingerprint density at radius 2 is 0.389 bits per heavy atom. The zero-order valence-corrected chi connectivity index (χ0v) is 39.5. The van der Waals surface area contributed by atoms with Gasteiger partial charge in [0.1, 0.15) is 49.4 Å². The van der Waals surface area contributed by atoms with Crippen molar-refractivity contribution in [1.29, 1.82) is 0 Å². The van der Waals surface area contributed by atoms with Gasteiger partial charge in [0.2, 0.25) is 0 Å². The summed E-state index contributed by atoms with van der Waals surface area (Å²) in [6.07, 6.45) is -0.987. The van der Waals surface area contributed by atoms with Crippen molar-refractivity contribution in [2.75, 3.05) is 132 Å². The average Bonchev–Trinajstić information content (AvgIpc) is 3.34. The number of nitro groups is 4. The van der Waals surface area contributed by atoms with Gasteiger partial charge in [-0.2, -0.15) is 0 Å². The van der Waals surface area contributed by atoms with E-state index < -0.39 is 19.7 Å². The van der Waals surface area contributed by atoms with Crippen molar-refractivity contribution in [3.8, 4) is 23.0 Å². The third-order valence-electron chi connectivity index (χ3n) is 11.4. The van der Waals surface area contributed by atoms with E-state index in [4.69, 9.17) is 56.8 Å². The molecule has 2 aliphatic heterocycles. The van der Waals surface area contributed by atoms with Crippen LogP contribution >= 0.6 is 0 Å². The van der Waals surface area contributed by atoms with E-state index in [1.807, 2.05) is 0 Å². The Morgan fingerprint density at radius 1 is 0.250 bits per heavy atom. The van der Waals surface area contributed by atoms with Crippen LogP contribution in [-0.4, -0.2) is 152 Å². The summed E-state index contributed by atoms with van der Waals surface area (Å²) in [5.74, 6) is 0.571. The SMILES string of the molecule is O=[N+]([O-])c1cc2c3c(c1)Cc1cc([N+](=O)[O-])cc4c1OCCOCCOCCOCCOCCOc1c(cc([N+](=O)[O-])cc1Cc1cc([N+](=O)[O-])cc(c1OCCOCCOCCOCCOCCO3)C4)C2. The molecule has 12 bridgehead atoms. The van der Waals surface area contributed by atoms with Crippen LogP contribution in [0, 0.1) is 40.5 Å². The molecule has 4 aromatic rings. The predicted octanol–water partition coefficient (Wildman–Crippen LogP) is 5.67. The molecule has 388 valence electrons. The minimum absolute atomic E-state index is 0.0437. The van der Waals surface area contributed by atoms with Crippen molar-refractivity contribution >= 4 is 22.7 Å². The molecule has 0 atom stereocenters. The zero-order chi connectivity index (χ0) is 50.7. The van der Waals surface area contributed by atoms with Crippen molar-refractivity contribution in [2.24, 2.45) is 0 Å². The lowest BCUT2D eigenvalue weighted by molar-refractivity contribution is -0.385. The standard InChI is InChI=1S/C48H56N4O20/c53-49(54)41-25-33-21-37-29-43(51(57)58)31-39-23-35-27-42(50(55)56)28-36-24-40-32-44(52(59)60)30-38(48(40)72-20-16-68-12-8-64-4-3-63-7-11-67-15-19-71-47(37)39)22-34(26-41)45(33)69-17-13-65-9-5-61-1-2-62-6-10-66-14-18-70-46(35)36/h25-32H,1-24H2. The molecule has 0 amide bonds. The first-order chi connectivity index (χ1) is 35.0. The number of hydrogen-bond donors (Lipinski definition) is 0. The van der Waals surface area contributed by atoms with Gasteiger partial charge in [0.05, 0.1) is 125 Å². The molecule has 0 spiro atoms. The second-order valence-corrected chi connectivity index (χ2v) is 16.4. The first-order valence-corrected chi connectivity index (χ1v) is 23.4. The molecule has 3 aliphatic rings. The number of benzene rings is 4. The molecule has 72 heavy (non-hydrogen) atoms. The molecule has 0 saturated heterocycles. The Bertz CT molecular complexity index is 2090. The highest BCUT2D eigenvalue weighted by molar-refractivity contribution is 5.62. The summed E-state index contributed by atoms with van der Waals surface area (Å²) in [7, 11) is 0. The minimum atomic E-state index is -0.595. The Labute approximate surface area is 412 Å². The van der Waals surface area contributed by atoms with Gasteiger partial charge in [0.15, 0.2) is 0 Å². The summed E-state index contributed by atoms with van der Waals surface area (Å²) in [6, 6.07) is 10.3. The molecule has 2 heterocycles. The van der Waals surface area contributed by atoms with Gasteiger partial charge in [-0.15, -0.1) is 0 Å². The fourth-order valence-corrected chi connectivity index (χ4v) is 8.31. The van der Waals surface area contributed by atoms with Gasteiger partial charge in [-0.1, -0.05) is 0 Å². The zero-order valence-electron chi connectivity index (χ0n) is 39.5. The van der Waals surface area contributed by atoms with Crippen LogP contribution in [0.2, 0.25) is 0 Å². The summed E-state index contributed by atoms with van der Waals surface area (Å²) < 4.78 is 71.7. The van der Waals surface area contributed by atoms with E-state index >= 15 is 0 Å². The maximum Gasteiger partial charge on any atom is 0.270 e. The Hall–Kier alpha value is -6.64. The second kappa shape index (κ2) is 27.3. The maximum absolute atomic E-state index is 12.8. The topological polar surface area (TPSA) is 283 Å². The van der Waals surface area contributed by atoms with Crippen LogP contribution in [0.25, 0.3) is 0 Å². The molecule has 0 fully saturated rings. The molecular formula is C48H56N4O20. The molecule has 0 radical (unpaired) electrons. The molecular weight excluding hydrogens is 953 g/mol. The Balaban J connectivity index is 1.51. The molecule has 24 heteroatoms.